The summed E-state index contributed by atoms with van der Waals surface area (Å²) >= 11 is 0. The Labute approximate surface area is 147 Å². The Kier molecular flexibility index (Phi) is 5.19. The molecule has 1 fully saturated rings. The van der Waals surface area contributed by atoms with Crippen LogP contribution in [0, 0.1) is 13.8 Å². The number of aryl methyl sites for hydroxylation is 3. The second-order valence-electron chi connectivity index (χ2n) is 6.44. The number of ether oxygens (including phenoxy) is 1. The highest BCUT2D eigenvalue weighted by Crippen LogP contribution is 2.27. The first-order valence-corrected chi connectivity index (χ1v) is 8.54. The van der Waals surface area contributed by atoms with Gasteiger partial charge in [-0.25, -0.2) is 9.67 Å². The second kappa shape index (κ2) is 7.37. The van der Waals surface area contributed by atoms with Crippen molar-refractivity contribution in [2.75, 3.05) is 45.9 Å². The topological polar surface area (TPSA) is 83.7 Å². The number of rotatable bonds is 5. The summed E-state index contributed by atoms with van der Waals surface area (Å²) in [5, 5.41) is 14.2. The molecule has 1 aliphatic rings. The van der Waals surface area contributed by atoms with Gasteiger partial charge in [-0.2, -0.15) is 0 Å². The van der Waals surface area contributed by atoms with E-state index in [1.54, 1.807) is 9.58 Å². The zero-order valence-electron chi connectivity index (χ0n) is 15.0. The van der Waals surface area contributed by atoms with Crippen LogP contribution in [-0.2, 0) is 11.8 Å². The highest BCUT2D eigenvalue weighted by molar-refractivity contribution is 5.85. The maximum absolute atomic E-state index is 12.4. The molecule has 0 aliphatic carbocycles. The van der Waals surface area contributed by atoms with Gasteiger partial charge in [0.1, 0.15) is 0 Å². The highest BCUT2D eigenvalue weighted by Gasteiger charge is 2.22. The van der Waals surface area contributed by atoms with E-state index in [4.69, 9.17) is 9.84 Å². The maximum Gasteiger partial charge on any atom is 0.260 e. The number of aromatic nitrogens is 3. The Hall–Kier alpha value is -2.19. The summed E-state index contributed by atoms with van der Waals surface area (Å²) < 4.78 is 7.42. The molecule has 0 bridgehead atoms. The van der Waals surface area contributed by atoms with Gasteiger partial charge in [0.25, 0.3) is 5.91 Å². The number of amides is 1. The van der Waals surface area contributed by atoms with Gasteiger partial charge in [0.05, 0.1) is 12.0 Å². The van der Waals surface area contributed by atoms with E-state index in [0.29, 0.717) is 25.5 Å². The highest BCUT2D eigenvalue weighted by atomic mass is 16.5. The predicted molar refractivity (Wildman–Crippen MR) is 93.6 cm³/mol. The number of hydrogen-bond acceptors (Lipinski definition) is 6. The van der Waals surface area contributed by atoms with E-state index >= 15 is 0 Å². The average molecular weight is 347 g/mol. The van der Waals surface area contributed by atoms with Crippen LogP contribution >= 0.6 is 0 Å². The summed E-state index contributed by atoms with van der Waals surface area (Å²) in [6.45, 7) is 7.59. The third kappa shape index (κ3) is 3.74. The minimum absolute atomic E-state index is 0.0283. The van der Waals surface area contributed by atoms with Crippen molar-refractivity contribution in [1.29, 1.82) is 0 Å². The van der Waals surface area contributed by atoms with Crippen molar-refractivity contribution < 1.29 is 14.6 Å². The van der Waals surface area contributed by atoms with Crippen molar-refractivity contribution in [1.82, 2.24) is 24.6 Å². The smallest absolute Gasteiger partial charge is 0.260 e. The molecule has 1 saturated heterocycles. The van der Waals surface area contributed by atoms with Crippen molar-refractivity contribution in [2.24, 2.45) is 7.05 Å². The molecule has 3 heterocycles. The summed E-state index contributed by atoms with van der Waals surface area (Å²) in [6.07, 6.45) is 0. The standard InChI is InChI=1S/C17H25N5O3/c1-12-10-13(2)18-16-15(12)17(19-20(16)3)25-11-14(24)22-6-4-21(5-7-22)8-9-23/h10,23H,4-9,11H2,1-3H3. The number of hydrogen-bond donors (Lipinski definition) is 1. The SMILES string of the molecule is Cc1cc(C)c2c(OCC(=O)N3CCN(CCO)CC3)nn(C)c2n1. The van der Waals surface area contributed by atoms with Gasteiger partial charge in [0.15, 0.2) is 12.3 Å². The molecule has 0 spiro atoms. The van der Waals surface area contributed by atoms with Crippen molar-refractivity contribution >= 4 is 16.9 Å². The monoisotopic (exact) mass is 347 g/mol. The number of aliphatic hydroxyl groups is 1. The fourth-order valence-electron chi connectivity index (χ4n) is 3.23. The third-order valence-corrected chi connectivity index (χ3v) is 4.56. The lowest BCUT2D eigenvalue weighted by atomic mass is 10.2. The van der Waals surface area contributed by atoms with E-state index in [0.717, 1.165) is 35.4 Å². The van der Waals surface area contributed by atoms with Crippen LogP contribution in [0.25, 0.3) is 11.0 Å². The van der Waals surface area contributed by atoms with Gasteiger partial charge in [-0.1, -0.05) is 0 Å². The zero-order chi connectivity index (χ0) is 18.0. The number of carbonyl (C=O) groups excluding carboxylic acids is 1. The lowest BCUT2D eigenvalue weighted by Crippen LogP contribution is -2.50. The molecule has 2 aromatic rings. The van der Waals surface area contributed by atoms with Crippen LogP contribution in [-0.4, -0.2) is 81.5 Å². The fraction of sp³-hybridized carbons (Fsp3) is 0.588. The molecule has 0 aromatic carbocycles. The Morgan fingerprint density at radius 1 is 1.28 bits per heavy atom. The molecule has 3 rings (SSSR count). The molecule has 1 aliphatic heterocycles. The number of β-amino-alcohol motifs (C(OH)–C–C–N with tert-alkyl or cyclic N) is 1. The quantitative estimate of drug-likeness (QED) is 0.826. The Morgan fingerprint density at radius 3 is 2.68 bits per heavy atom. The van der Waals surface area contributed by atoms with E-state index in [2.05, 4.69) is 15.0 Å². The van der Waals surface area contributed by atoms with Gasteiger partial charge in [0, 0.05) is 45.5 Å². The third-order valence-electron chi connectivity index (χ3n) is 4.56. The molecule has 1 N–H and O–H groups in total. The van der Waals surface area contributed by atoms with E-state index in [9.17, 15) is 4.79 Å². The van der Waals surface area contributed by atoms with E-state index in [1.165, 1.54) is 0 Å². The van der Waals surface area contributed by atoms with Crippen LogP contribution in [0.1, 0.15) is 11.3 Å². The predicted octanol–water partition coefficient (Wildman–Crippen LogP) is 0.100. The number of piperazine rings is 1. The van der Waals surface area contributed by atoms with Gasteiger partial charge in [-0.3, -0.25) is 9.69 Å². The number of nitrogens with zero attached hydrogens (tertiary/aromatic N) is 5. The summed E-state index contributed by atoms with van der Waals surface area (Å²) in [6, 6.07) is 1.99. The first kappa shape index (κ1) is 17.6. The summed E-state index contributed by atoms with van der Waals surface area (Å²) in [5.74, 6) is 0.412. The number of fused-ring (bicyclic) bond motifs is 1. The average Bonchev–Trinajstić information content (AvgIpc) is 2.90. The first-order chi connectivity index (χ1) is 12.0. The molecule has 2 aromatic heterocycles. The molecule has 8 nitrogen and oxygen atoms in total. The molecule has 0 atom stereocenters. The van der Waals surface area contributed by atoms with Crippen molar-refractivity contribution in [3.63, 3.8) is 0 Å². The van der Waals surface area contributed by atoms with Crippen molar-refractivity contribution in [3.05, 3.63) is 17.3 Å². The van der Waals surface area contributed by atoms with Gasteiger partial charge in [-0.05, 0) is 25.5 Å². The molecule has 25 heavy (non-hydrogen) atoms. The van der Waals surface area contributed by atoms with Crippen molar-refractivity contribution in [2.45, 2.75) is 13.8 Å². The van der Waals surface area contributed by atoms with Crippen LogP contribution in [0.2, 0.25) is 0 Å². The molecular formula is C17H25N5O3. The Bertz CT molecular complexity index is 765. The lowest BCUT2D eigenvalue weighted by molar-refractivity contribution is -0.135. The minimum atomic E-state index is -0.0415. The number of pyridine rings is 1. The summed E-state index contributed by atoms with van der Waals surface area (Å²) in [5.41, 5.74) is 2.73. The van der Waals surface area contributed by atoms with E-state index in [1.807, 2.05) is 27.0 Å². The van der Waals surface area contributed by atoms with Crippen molar-refractivity contribution in [3.8, 4) is 5.88 Å². The normalized spacial score (nSPS) is 15.8. The molecule has 0 unspecified atom stereocenters. The largest absolute Gasteiger partial charge is 0.466 e. The summed E-state index contributed by atoms with van der Waals surface area (Å²) in [4.78, 5) is 20.8. The van der Waals surface area contributed by atoms with Gasteiger partial charge in [0.2, 0.25) is 5.88 Å². The van der Waals surface area contributed by atoms with Crippen LogP contribution in [0.3, 0.4) is 0 Å². The van der Waals surface area contributed by atoms with Crippen LogP contribution in [0.15, 0.2) is 6.07 Å². The molecule has 8 heteroatoms. The Balaban J connectivity index is 1.64. The Morgan fingerprint density at radius 2 is 2.00 bits per heavy atom. The van der Waals surface area contributed by atoms with Gasteiger partial charge >= 0.3 is 0 Å². The fourth-order valence-corrected chi connectivity index (χ4v) is 3.23. The van der Waals surface area contributed by atoms with Crippen LogP contribution in [0.4, 0.5) is 0 Å². The van der Waals surface area contributed by atoms with Crippen LogP contribution < -0.4 is 4.74 Å². The van der Waals surface area contributed by atoms with Gasteiger partial charge in [-0.15, -0.1) is 5.10 Å². The van der Waals surface area contributed by atoms with Crippen LogP contribution in [0.5, 0.6) is 5.88 Å². The summed E-state index contributed by atoms with van der Waals surface area (Å²) in [7, 11) is 1.82. The second-order valence-corrected chi connectivity index (χ2v) is 6.44. The van der Waals surface area contributed by atoms with Gasteiger partial charge < -0.3 is 14.7 Å². The maximum atomic E-state index is 12.4. The molecule has 0 saturated carbocycles. The molecule has 1 amide bonds. The zero-order valence-corrected chi connectivity index (χ0v) is 15.0. The van der Waals surface area contributed by atoms with E-state index in [-0.39, 0.29) is 19.1 Å². The minimum Gasteiger partial charge on any atom is -0.466 e. The number of aliphatic hydroxyl groups excluding tert-OH is 1. The van der Waals surface area contributed by atoms with E-state index < -0.39 is 0 Å². The molecular weight excluding hydrogens is 322 g/mol. The first-order valence-electron chi connectivity index (χ1n) is 8.54. The molecule has 136 valence electrons. The number of carbonyl (C=O) groups is 1. The molecule has 0 radical (unpaired) electrons. The lowest BCUT2D eigenvalue weighted by Gasteiger charge is -2.34.